The Morgan fingerprint density at radius 2 is 1.83 bits per heavy atom. The Morgan fingerprint density at radius 3 is 2.53 bits per heavy atom. The van der Waals surface area contributed by atoms with E-state index < -0.39 is 17.8 Å². The van der Waals surface area contributed by atoms with Crippen molar-refractivity contribution in [1.29, 1.82) is 0 Å². The molecule has 7 nitrogen and oxygen atoms in total. The van der Waals surface area contributed by atoms with E-state index in [-0.39, 0.29) is 11.3 Å². The van der Waals surface area contributed by atoms with Crippen LogP contribution in [0, 0.1) is 6.92 Å². The number of benzene rings is 2. The highest BCUT2D eigenvalue weighted by Gasteiger charge is 2.37. The van der Waals surface area contributed by atoms with Crippen molar-refractivity contribution in [1.82, 2.24) is 9.88 Å². The number of aryl methyl sites for hydroxylation is 1. The lowest BCUT2D eigenvalue weighted by atomic mass is 9.99. The van der Waals surface area contributed by atoms with E-state index in [2.05, 4.69) is 31.3 Å². The molecule has 0 aliphatic carbocycles. The van der Waals surface area contributed by atoms with Crippen LogP contribution in [0.5, 0.6) is 5.75 Å². The summed E-state index contributed by atoms with van der Waals surface area (Å²) in [6.07, 6.45) is 4.40. The summed E-state index contributed by atoms with van der Waals surface area (Å²) >= 11 is 6.18. The molecule has 1 N–H and O–H groups in total. The minimum Gasteiger partial charge on any atom is -0.492 e. The zero-order valence-corrected chi connectivity index (χ0v) is 21.2. The number of carbonyl (C=O) groups is 3. The lowest BCUT2D eigenvalue weighted by Crippen LogP contribution is -2.54. The first-order valence-electron chi connectivity index (χ1n) is 11.8. The predicted molar refractivity (Wildman–Crippen MR) is 140 cm³/mol. The summed E-state index contributed by atoms with van der Waals surface area (Å²) in [6, 6.07) is 15.7. The molecule has 3 aromatic rings. The van der Waals surface area contributed by atoms with Gasteiger partial charge in [0.25, 0.3) is 11.8 Å². The molecule has 0 bridgehead atoms. The van der Waals surface area contributed by atoms with Gasteiger partial charge in [-0.2, -0.15) is 0 Å². The van der Waals surface area contributed by atoms with Crippen molar-refractivity contribution >= 4 is 41.2 Å². The molecule has 0 saturated carbocycles. The third-order valence-corrected chi connectivity index (χ3v) is 6.74. The van der Waals surface area contributed by atoms with Crippen LogP contribution in [-0.2, 0) is 16.1 Å². The van der Waals surface area contributed by atoms with Crippen LogP contribution < -0.4 is 15.0 Å². The van der Waals surface area contributed by atoms with Crippen molar-refractivity contribution in [3.63, 3.8) is 0 Å². The topological polar surface area (TPSA) is 80.6 Å². The van der Waals surface area contributed by atoms with Crippen LogP contribution in [0.1, 0.15) is 43.0 Å². The monoisotopic (exact) mass is 505 g/mol. The fraction of sp³-hybridized carbons (Fsp3) is 0.250. The van der Waals surface area contributed by atoms with E-state index in [0.29, 0.717) is 29.8 Å². The number of nitrogens with one attached hydrogen (secondary N) is 1. The zero-order valence-electron chi connectivity index (χ0n) is 20.5. The van der Waals surface area contributed by atoms with Crippen LogP contribution in [0.3, 0.4) is 0 Å². The average molecular weight is 506 g/mol. The minimum atomic E-state index is -0.815. The number of hydrogen-bond donors (Lipinski definition) is 1. The lowest BCUT2D eigenvalue weighted by Gasteiger charge is -2.26. The van der Waals surface area contributed by atoms with E-state index in [1.807, 2.05) is 35.9 Å². The summed E-state index contributed by atoms with van der Waals surface area (Å²) in [5.41, 5.74) is 2.87. The Labute approximate surface area is 215 Å². The molecule has 1 aliphatic rings. The van der Waals surface area contributed by atoms with Gasteiger partial charge in [-0.25, -0.2) is 9.69 Å². The molecule has 1 saturated heterocycles. The highest BCUT2D eigenvalue weighted by atomic mass is 35.5. The molecule has 8 heteroatoms. The Kier molecular flexibility index (Phi) is 7.60. The van der Waals surface area contributed by atoms with Gasteiger partial charge >= 0.3 is 6.03 Å². The molecule has 2 heterocycles. The van der Waals surface area contributed by atoms with Crippen LogP contribution in [0.15, 0.2) is 66.4 Å². The number of urea groups is 1. The molecule has 1 atom stereocenters. The number of rotatable bonds is 8. The number of halogens is 1. The molecule has 4 rings (SSSR count). The second-order valence-corrected chi connectivity index (χ2v) is 9.15. The second-order valence-electron chi connectivity index (χ2n) is 8.74. The molecule has 1 unspecified atom stereocenters. The van der Waals surface area contributed by atoms with Gasteiger partial charge in [-0.05, 0) is 72.9 Å². The smallest absolute Gasteiger partial charge is 0.335 e. The summed E-state index contributed by atoms with van der Waals surface area (Å²) < 4.78 is 7.77. The standard InChI is InChI=1S/C28H28ClN3O4/c1-4-18(2)20-8-11-23(12-9-20)36-15-14-31-13-5-6-21(31)16-24-26(33)30-28(35)32(27(24)34)22-10-7-19(3)25(29)17-22/h5-13,16-18H,4,14-15H2,1-3H3,(H,30,33,35). The van der Waals surface area contributed by atoms with Gasteiger partial charge in [0.1, 0.15) is 17.9 Å². The van der Waals surface area contributed by atoms with Gasteiger partial charge in [-0.1, -0.05) is 43.6 Å². The normalized spacial score (nSPS) is 15.8. The maximum Gasteiger partial charge on any atom is 0.335 e. The Bertz CT molecular complexity index is 1330. The van der Waals surface area contributed by atoms with Crippen molar-refractivity contribution in [3.05, 3.63) is 88.2 Å². The highest BCUT2D eigenvalue weighted by molar-refractivity contribution is 6.39. The Morgan fingerprint density at radius 1 is 1.08 bits per heavy atom. The van der Waals surface area contributed by atoms with Crippen LogP contribution in [-0.4, -0.2) is 29.0 Å². The third-order valence-electron chi connectivity index (χ3n) is 6.33. The molecule has 36 heavy (non-hydrogen) atoms. The third kappa shape index (κ3) is 5.36. The van der Waals surface area contributed by atoms with Gasteiger partial charge in [-0.15, -0.1) is 0 Å². The van der Waals surface area contributed by atoms with E-state index in [0.717, 1.165) is 22.6 Å². The van der Waals surface area contributed by atoms with Crippen LogP contribution in [0.4, 0.5) is 10.5 Å². The quantitative estimate of drug-likeness (QED) is 0.314. The van der Waals surface area contributed by atoms with Gasteiger partial charge < -0.3 is 9.30 Å². The van der Waals surface area contributed by atoms with E-state index in [9.17, 15) is 14.4 Å². The highest BCUT2D eigenvalue weighted by Crippen LogP contribution is 2.27. The van der Waals surface area contributed by atoms with E-state index >= 15 is 0 Å². The molecule has 1 fully saturated rings. The number of imide groups is 2. The predicted octanol–water partition coefficient (Wildman–Crippen LogP) is 5.71. The molecule has 0 spiro atoms. The Balaban J connectivity index is 1.48. The maximum atomic E-state index is 13.2. The van der Waals surface area contributed by atoms with Gasteiger partial charge in [0.2, 0.25) is 0 Å². The maximum absolute atomic E-state index is 13.2. The average Bonchev–Trinajstić information content (AvgIpc) is 3.30. The first-order valence-corrected chi connectivity index (χ1v) is 12.2. The SMILES string of the molecule is CCC(C)c1ccc(OCCn2cccc2C=C2C(=O)NC(=O)N(c3ccc(C)c(Cl)c3)C2=O)cc1. The molecular formula is C28H28ClN3O4. The summed E-state index contributed by atoms with van der Waals surface area (Å²) in [5, 5.41) is 2.65. The van der Waals surface area contributed by atoms with E-state index in [1.54, 1.807) is 18.2 Å². The van der Waals surface area contributed by atoms with Gasteiger partial charge in [0.15, 0.2) is 0 Å². The number of hydrogen-bond acceptors (Lipinski definition) is 4. The first-order chi connectivity index (χ1) is 17.3. The van der Waals surface area contributed by atoms with Crippen molar-refractivity contribution < 1.29 is 19.1 Å². The van der Waals surface area contributed by atoms with E-state index in [1.165, 1.54) is 17.7 Å². The van der Waals surface area contributed by atoms with Crippen LogP contribution in [0.25, 0.3) is 6.08 Å². The van der Waals surface area contributed by atoms with Gasteiger partial charge in [0.05, 0.1) is 12.2 Å². The summed E-state index contributed by atoms with van der Waals surface area (Å²) in [7, 11) is 0. The summed E-state index contributed by atoms with van der Waals surface area (Å²) in [5.74, 6) is -0.177. The molecule has 1 aliphatic heterocycles. The van der Waals surface area contributed by atoms with Crippen molar-refractivity contribution in [2.24, 2.45) is 0 Å². The molecule has 0 radical (unpaired) electrons. The number of anilines is 1. The number of amides is 4. The minimum absolute atomic E-state index is 0.146. The molecule has 1 aromatic heterocycles. The fourth-order valence-corrected chi connectivity index (χ4v) is 4.09. The Hall–Kier alpha value is -3.84. The largest absolute Gasteiger partial charge is 0.492 e. The van der Waals surface area contributed by atoms with Gasteiger partial charge in [-0.3, -0.25) is 14.9 Å². The summed E-state index contributed by atoms with van der Waals surface area (Å²) in [6.45, 7) is 7.09. The van der Waals surface area contributed by atoms with Crippen LogP contribution in [0.2, 0.25) is 5.02 Å². The second kappa shape index (κ2) is 10.8. The molecule has 2 aromatic carbocycles. The molecular weight excluding hydrogens is 478 g/mol. The summed E-state index contributed by atoms with van der Waals surface area (Å²) in [4.78, 5) is 39.1. The number of aromatic nitrogens is 1. The number of nitrogens with zero attached hydrogens (tertiary/aromatic N) is 2. The molecule has 4 amide bonds. The number of barbiturate groups is 1. The van der Waals surface area contributed by atoms with Crippen molar-refractivity contribution in [2.45, 2.75) is 39.7 Å². The number of carbonyl (C=O) groups excluding carboxylic acids is 3. The fourth-order valence-electron chi connectivity index (χ4n) is 3.91. The van der Waals surface area contributed by atoms with Crippen molar-refractivity contribution in [2.75, 3.05) is 11.5 Å². The number of ether oxygens (including phenoxy) is 1. The zero-order chi connectivity index (χ0) is 25.8. The lowest BCUT2D eigenvalue weighted by molar-refractivity contribution is -0.122. The van der Waals surface area contributed by atoms with Crippen LogP contribution >= 0.6 is 11.6 Å². The van der Waals surface area contributed by atoms with Crippen molar-refractivity contribution in [3.8, 4) is 5.75 Å². The molecule has 186 valence electrons. The van der Waals surface area contributed by atoms with E-state index in [4.69, 9.17) is 16.3 Å². The van der Waals surface area contributed by atoms with Gasteiger partial charge in [0, 0.05) is 16.9 Å². The first kappa shape index (κ1) is 25.3.